The summed E-state index contributed by atoms with van der Waals surface area (Å²) < 4.78 is 10.4. The molecule has 3 aromatic rings. The molecule has 122 valence electrons. The highest BCUT2D eigenvalue weighted by Gasteiger charge is 2.09. The normalized spacial score (nSPS) is 10.2. The molecule has 1 amide bonds. The van der Waals surface area contributed by atoms with Crippen LogP contribution in [-0.4, -0.2) is 18.0 Å². The Morgan fingerprint density at radius 1 is 1.17 bits per heavy atom. The highest BCUT2D eigenvalue weighted by atomic mass is 16.5. The summed E-state index contributed by atoms with van der Waals surface area (Å²) in [4.78, 5) is 16.3. The lowest BCUT2D eigenvalue weighted by Gasteiger charge is -2.09. The molecule has 0 fully saturated rings. The van der Waals surface area contributed by atoms with E-state index < -0.39 is 0 Å². The molecular weight excluding hydrogens is 306 g/mol. The molecule has 2 aromatic heterocycles. The number of methoxy groups -OCH3 is 1. The lowest BCUT2D eigenvalue weighted by molar-refractivity contribution is 0.0943. The molecule has 1 aromatic carbocycles. The van der Waals surface area contributed by atoms with Gasteiger partial charge in [0.15, 0.2) is 0 Å². The maximum Gasteiger partial charge on any atom is 0.270 e. The number of rotatable bonds is 6. The van der Waals surface area contributed by atoms with Gasteiger partial charge in [-0.3, -0.25) is 9.78 Å². The Bertz CT molecular complexity index is 816. The quantitative estimate of drug-likeness (QED) is 0.727. The Morgan fingerprint density at radius 2 is 2.04 bits per heavy atom. The van der Waals surface area contributed by atoms with Gasteiger partial charge in [0.25, 0.3) is 5.91 Å². The number of ether oxygens (including phenoxy) is 1. The minimum absolute atomic E-state index is 0.263. The SMILES string of the molecule is COc1cccc(Nc2ccnc(C(=O)NCc3ccco3)c2)c1. The third kappa shape index (κ3) is 3.92. The summed E-state index contributed by atoms with van der Waals surface area (Å²) in [6.07, 6.45) is 3.16. The van der Waals surface area contributed by atoms with Crippen molar-refractivity contribution >= 4 is 17.3 Å². The molecule has 0 aliphatic carbocycles. The van der Waals surface area contributed by atoms with Crippen molar-refractivity contribution in [1.29, 1.82) is 0 Å². The molecule has 0 spiro atoms. The summed E-state index contributed by atoms with van der Waals surface area (Å²) in [6.45, 7) is 0.320. The number of carbonyl (C=O) groups excluding carboxylic acids is 1. The number of anilines is 2. The van der Waals surface area contributed by atoms with Crippen LogP contribution in [0.15, 0.2) is 65.4 Å². The van der Waals surface area contributed by atoms with E-state index in [1.54, 1.807) is 43.8 Å². The summed E-state index contributed by atoms with van der Waals surface area (Å²) in [6, 6.07) is 14.6. The number of nitrogens with one attached hydrogen (secondary N) is 2. The smallest absolute Gasteiger partial charge is 0.270 e. The predicted octanol–water partition coefficient (Wildman–Crippen LogP) is 3.36. The van der Waals surface area contributed by atoms with E-state index in [-0.39, 0.29) is 5.91 Å². The third-order valence-electron chi connectivity index (χ3n) is 3.35. The summed E-state index contributed by atoms with van der Waals surface area (Å²) in [5.41, 5.74) is 1.96. The molecule has 2 N–H and O–H groups in total. The zero-order chi connectivity index (χ0) is 16.8. The minimum Gasteiger partial charge on any atom is -0.497 e. The van der Waals surface area contributed by atoms with Crippen molar-refractivity contribution < 1.29 is 13.9 Å². The number of amides is 1. The number of hydrogen-bond donors (Lipinski definition) is 2. The third-order valence-corrected chi connectivity index (χ3v) is 3.35. The highest BCUT2D eigenvalue weighted by molar-refractivity contribution is 5.93. The average Bonchev–Trinajstić information content (AvgIpc) is 3.13. The Morgan fingerprint density at radius 3 is 2.83 bits per heavy atom. The van der Waals surface area contributed by atoms with Crippen molar-refractivity contribution in [2.45, 2.75) is 6.54 Å². The fourth-order valence-corrected chi connectivity index (χ4v) is 2.17. The fraction of sp³-hybridized carbons (Fsp3) is 0.111. The van der Waals surface area contributed by atoms with Crippen LogP contribution in [0, 0.1) is 0 Å². The molecule has 0 radical (unpaired) electrons. The lowest BCUT2D eigenvalue weighted by atomic mass is 10.2. The molecule has 0 aliphatic rings. The number of nitrogens with zero attached hydrogens (tertiary/aromatic N) is 1. The van der Waals surface area contributed by atoms with Gasteiger partial charge in [0, 0.05) is 23.6 Å². The van der Waals surface area contributed by atoms with Crippen molar-refractivity contribution in [1.82, 2.24) is 10.3 Å². The van der Waals surface area contributed by atoms with Crippen LogP contribution in [0.3, 0.4) is 0 Å². The lowest BCUT2D eigenvalue weighted by Crippen LogP contribution is -2.23. The van der Waals surface area contributed by atoms with E-state index in [1.165, 1.54) is 0 Å². The average molecular weight is 323 g/mol. The van der Waals surface area contributed by atoms with Crippen molar-refractivity contribution in [2.24, 2.45) is 0 Å². The fourth-order valence-electron chi connectivity index (χ4n) is 2.17. The van der Waals surface area contributed by atoms with Gasteiger partial charge in [0.05, 0.1) is 19.9 Å². The van der Waals surface area contributed by atoms with Gasteiger partial charge in [-0.2, -0.15) is 0 Å². The predicted molar refractivity (Wildman–Crippen MR) is 90.4 cm³/mol. The first-order valence-corrected chi connectivity index (χ1v) is 7.42. The first-order chi connectivity index (χ1) is 11.7. The van der Waals surface area contributed by atoms with E-state index in [0.717, 1.165) is 17.1 Å². The van der Waals surface area contributed by atoms with E-state index in [4.69, 9.17) is 9.15 Å². The molecular formula is C18H17N3O3. The molecule has 2 heterocycles. The molecule has 0 atom stereocenters. The van der Waals surface area contributed by atoms with Crippen molar-refractivity contribution in [3.63, 3.8) is 0 Å². The monoisotopic (exact) mass is 323 g/mol. The van der Waals surface area contributed by atoms with E-state index in [1.807, 2.05) is 24.3 Å². The Balaban J connectivity index is 1.67. The van der Waals surface area contributed by atoms with Crippen LogP contribution in [0.5, 0.6) is 5.75 Å². The summed E-state index contributed by atoms with van der Waals surface area (Å²) in [7, 11) is 1.62. The molecule has 0 bridgehead atoms. The number of hydrogen-bond acceptors (Lipinski definition) is 5. The zero-order valence-corrected chi connectivity index (χ0v) is 13.2. The summed E-state index contributed by atoms with van der Waals surface area (Å²) >= 11 is 0. The van der Waals surface area contributed by atoms with Crippen LogP contribution in [0.1, 0.15) is 16.2 Å². The largest absolute Gasteiger partial charge is 0.497 e. The molecule has 24 heavy (non-hydrogen) atoms. The second-order valence-electron chi connectivity index (χ2n) is 5.05. The molecule has 6 nitrogen and oxygen atoms in total. The van der Waals surface area contributed by atoms with E-state index in [2.05, 4.69) is 15.6 Å². The van der Waals surface area contributed by atoms with Crippen LogP contribution < -0.4 is 15.4 Å². The number of furan rings is 1. The van der Waals surface area contributed by atoms with Crippen LogP contribution in [0.2, 0.25) is 0 Å². The van der Waals surface area contributed by atoms with E-state index in [9.17, 15) is 4.79 Å². The highest BCUT2D eigenvalue weighted by Crippen LogP contribution is 2.21. The van der Waals surface area contributed by atoms with Crippen LogP contribution >= 0.6 is 0 Å². The van der Waals surface area contributed by atoms with Gasteiger partial charge in [-0.1, -0.05) is 6.07 Å². The number of pyridine rings is 1. The zero-order valence-electron chi connectivity index (χ0n) is 13.2. The first-order valence-electron chi connectivity index (χ1n) is 7.42. The van der Waals surface area contributed by atoms with E-state index in [0.29, 0.717) is 18.0 Å². The standard InChI is InChI=1S/C18H17N3O3/c1-23-15-5-2-4-13(10-15)21-14-7-8-19-17(11-14)18(22)20-12-16-6-3-9-24-16/h2-11H,12H2,1H3,(H,19,21)(H,20,22). The Kier molecular flexibility index (Phi) is 4.76. The van der Waals surface area contributed by atoms with Crippen molar-refractivity contribution in [2.75, 3.05) is 12.4 Å². The number of aromatic nitrogens is 1. The summed E-state index contributed by atoms with van der Waals surface area (Å²) in [5.74, 6) is 1.18. The van der Waals surface area contributed by atoms with Crippen LogP contribution in [0.25, 0.3) is 0 Å². The van der Waals surface area contributed by atoms with Crippen LogP contribution in [-0.2, 0) is 6.54 Å². The number of carbonyl (C=O) groups is 1. The van der Waals surface area contributed by atoms with Gasteiger partial charge in [0.2, 0.25) is 0 Å². The molecule has 0 aliphatic heterocycles. The maximum absolute atomic E-state index is 12.2. The topological polar surface area (TPSA) is 76.4 Å². The van der Waals surface area contributed by atoms with Gasteiger partial charge >= 0.3 is 0 Å². The first kappa shape index (κ1) is 15.6. The van der Waals surface area contributed by atoms with E-state index >= 15 is 0 Å². The Labute approximate surface area is 139 Å². The molecule has 0 saturated heterocycles. The van der Waals surface area contributed by atoms with Gasteiger partial charge in [-0.15, -0.1) is 0 Å². The van der Waals surface area contributed by atoms with Gasteiger partial charge in [-0.25, -0.2) is 0 Å². The molecule has 3 rings (SSSR count). The molecule has 6 heteroatoms. The second-order valence-corrected chi connectivity index (χ2v) is 5.05. The minimum atomic E-state index is -0.263. The van der Waals surface area contributed by atoms with Crippen LogP contribution in [0.4, 0.5) is 11.4 Å². The van der Waals surface area contributed by atoms with Gasteiger partial charge < -0.3 is 19.8 Å². The Hall–Kier alpha value is -3.28. The second kappa shape index (κ2) is 7.32. The van der Waals surface area contributed by atoms with Crippen molar-refractivity contribution in [3.05, 3.63) is 72.4 Å². The molecule has 0 saturated carbocycles. The van der Waals surface area contributed by atoms with Crippen molar-refractivity contribution in [3.8, 4) is 5.75 Å². The molecule has 0 unspecified atom stereocenters. The van der Waals surface area contributed by atoms with Gasteiger partial charge in [0.1, 0.15) is 17.2 Å². The number of benzene rings is 1. The summed E-state index contributed by atoms with van der Waals surface area (Å²) in [5, 5.41) is 5.99. The van der Waals surface area contributed by atoms with Gasteiger partial charge in [-0.05, 0) is 36.4 Å². The maximum atomic E-state index is 12.2.